The van der Waals surface area contributed by atoms with Gasteiger partial charge in [-0.05, 0) is 42.0 Å². The van der Waals surface area contributed by atoms with E-state index in [2.05, 4.69) is 25.2 Å². The lowest BCUT2D eigenvalue weighted by molar-refractivity contribution is -0.434. The third kappa shape index (κ3) is 5.04. The molecule has 2 amide bonds. The topological polar surface area (TPSA) is 49.2 Å². The highest BCUT2D eigenvalue weighted by molar-refractivity contribution is 8.05. The first-order valence-corrected chi connectivity index (χ1v) is 12.1. The standard InChI is InChI=1S/C25H27ClN2O2S/c1-16-6-5-7-20(17(16)2)27-24(29)15-28-21-8-3-4-9-22(21)31-23(25(28)30)14-18-10-12-19(26)13-11-18/h3-4,8-14,16-17,20,22H,5-7,15H2,1-2H3/p+1/b23-14+. The predicted molar refractivity (Wildman–Crippen MR) is 128 cm³/mol. The summed E-state index contributed by atoms with van der Waals surface area (Å²) >= 11 is 7.51. The summed E-state index contributed by atoms with van der Waals surface area (Å²) in [6.45, 7) is 4.50. The van der Waals surface area contributed by atoms with Crippen LogP contribution in [0.3, 0.4) is 0 Å². The maximum atomic E-state index is 13.3. The fraction of sp³-hybridized carbons (Fsp3) is 0.400. The number of thioether (sulfide) groups is 1. The fourth-order valence-electron chi connectivity index (χ4n) is 4.44. The number of benzene rings is 1. The molecule has 162 valence electrons. The van der Waals surface area contributed by atoms with Gasteiger partial charge < -0.3 is 5.32 Å². The molecule has 1 aromatic rings. The van der Waals surface area contributed by atoms with E-state index in [0.29, 0.717) is 21.8 Å². The van der Waals surface area contributed by atoms with E-state index >= 15 is 0 Å². The molecule has 1 saturated carbocycles. The number of nitrogens with zero attached hydrogens (tertiary/aromatic N) is 1. The van der Waals surface area contributed by atoms with Gasteiger partial charge in [0.25, 0.3) is 5.91 Å². The summed E-state index contributed by atoms with van der Waals surface area (Å²) in [5, 5.41) is 3.88. The van der Waals surface area contributed by atoms with Crippen LogP contribution < -0.4 is 5.32 Å². The van der Waals surface area contributed by atoms with Gasteiger partial charge in [-0.2, -0.15) is 0 Å². The smallest absolute Gasteiger partial charge is 0.348 e. The number of amides is 2. The summed E-state index contributed by atoms with van der Waals surface area (Å²) < 4.78 is 1.63. The quantitative estimate of drug-likeness (QED) is 0.521. The molecule has 0 aromatic heterocycles. The molecular weight excluding hydrogens is 428 g/mol. The molecule has 1 fully saturated rings. The monoisotopic (exact) mass is 455 g/mol. The molecule has 0 bridgehead atoms. The summed E-state index contributed by atoms with van der Waals surface area (Å²) in [6, 6.07) is 7.58. The molecule has 4 atom stereocenters. The van der Waals surface area contributed by atoms with Crippen molar-refractivity contribution in [1.29, 1.82) is 0 Å². The zero-order valence-corrected chi connectivity index (χ0v) is 19.5. The maximum absolute atomic E-state index is 13.3. The van der Waals surface area contributed by atoms with Crippen LogP contribution in [-0.2, 0) is 9.59 Å². The van der Waals surface area contributed by atoms with Gasteiger partial charge in [-0.25, -0.2) is 4.79 Å². The first kappa shape index (κ1) is 22.1. The van der Waals surface area contributed by atoms with Crippen molar-refractivity contribution in [1.82, 2.24) is 5.32 Å². The molecule has 1 N–H and O–H groups in total. The second kappa shape index (κ2) is 9.58. The second-order valence-electron chi connectivity index (χ2n) is 8.60. The molecule has 6 heteroatoms. The number of carbonyl (C=O) groups excluding carboxylic acids is 2. The second-order valence-corrected chi connectivity index (χ2v) is 10.2. The zero-order valence-electron chi connectivity index (χ0n) is 17.9. The number of halogens is 1. The van der Waals surface area contributed by atoms with E-state index in [0.717, 1.165) is 24.1 Å². The molecule has 1 heterocycles. The van der Waals surface area contributed by atoms with Crippen LogP contribution in [0.1, 0.15) is 38.7 Å². The molecule has 1 aliphatic heterocycles. The van der Waals surface area contributed by atoms with Gasteiger partial charge in [0.05, 0.1) is 0 Å². The fourth-order valence-corrected chi connectivity index (χ4v) is 5.75. The van der Waals surface area contributed by atoms with E-state index in [1.807, 2.05) is 48.6 Å². The highest BCUT2D eigenvalue weighted by Crippen LogP contribution is 2.33. The van der Waals surface area contributed by atoms with E-state index in [1.54, 1.807) is 4.58 Å². The molecule has 4 rings (SSSR count). The Morgan fingerprint density at radius 3 is 2.77 bits per heavy atom. The SMILES string of the molecule is CC1CCCC(NC(=O)C[N+]2=C3C=CC=CC3S/C(=C/c3ccc(Cl)cc3)C2=O)C1C. The Hall–Kier alpha value is -2.11. The summed E-state index contributed by atoms with van der Waals surface area (Å²) in [5.74, 6) is 0.826. The summed E-state index contributed by atoms with van der Waals surface area (Å²) in [4.78, 5) is 26.9. The van der Waals surface area contributed by atoms with E-state index in [9.17, 15) is 9.59 Å². The van der Waals surface area contributed by atoms with Crippen molar-refractivity contribution in [3.8, 4) is 0 Å². The van der Waals surface area contributed by atoms with Crippen molar-refractivity contribution in [3.63, 3.8) is 0 Å². The van der Waals surface area contributed by atoms with Crippen LogP contribution in [0, 0.1) is 11.8 Å². The van der Waals surface area contributed by atoms with Crippen molar-refractivity contribution in [2.75, 3.05) is 6.54 Å². The summed E-state index contributed by atoms with van der Waals surface area (Å²) in [6.07, 6.45) is 13.1. The molecule has 2 aliphatic carbocycles. The minimum absolute atomic E-state index is 0.0164. The minimum atomic E-state index is -0.133. The molecule has 0 saturated heterocycles. The normalized spacial score (nSPS) is 29.3. The van der Waals surface area contributed by atoms with E-state index in [4.69, 9.17) is 11.6 Å². The first-order chi connectivity index (χ1) is 14.9. The van der Waals surface area contributed by atoms with E-state index < -0.39 is 0 Å². The third-order valence-electron chi connectivity index (χ3n) is 6.50. The third-order valence-corrected chi connectivity index (χ3v) is 7.95. The average molecular weight is 456 g/mol. The Bertz CT molecular complexity index is 993. The number of allylic oxidation sites excluding steroid dienone is 3. The highest BCUT2D eigenvalue weighted by atomic mass is 35.5. The Labute approximate surface area is 193 Å². The molecule has 3 aliphatic rings. The van der Waals surface area contributed by atoms with Gasteiger partial charge in [-0.15, -0.1) is 4.58 Å². The predicted octanol–water partition coefficient (Wildman–Crippen LogP) is 4.84. The van der Waals surface area contributed by atoms with Gasteiger partial charge in [0.15, 0.2) is 0 Å². The molecule has 1 aromatic carbocycles. The van der Waals surface area contributed by atoms with Gasteiger partial charge in [-0.3, -0.25) is 4.79 Å². The number of rotatable bonds is 4. The maximum Gasteiger partial charge on any atom is 0.426 e. The molecule has 31 heavy (non-hydrogen) atoms. The number of hydrogen-bond acceptors (Lipinski definition) is 3. The van der Waals surface area contributed by atoms with E-state index in [1.165, 1.54) is 18.2 Å². The molecule has 4 nitrogen and oxygen atoms in total. The van der Waals surface area contributed by atoms with Crippen molar-refractivity contribution in [3.05, 3.63) is 64.1 Å². The van der Waals surface area contributed by atoms with Crippen molar-refractivity contribution in [2.45, 2.75) is 44.4 Å². The van der Waals surface area contributed by atoms with Crippen LogP contribution in [0.4, 0.5) is 0 Å². The lowest BCUT2D eigenvalue weighted by Crippen LogP contribution is -2.48. The van der Waals surface area contributed by atoms with Gasteiger partial charge in [-0.1, -0.05) is 80.4 Å². The summed E-state index contributed by atoms with van der Waals surface area (Å²) in [5.41, 5.74) is 1.78. The Morgan fingerprint density at radius 1 is 1.23 bits per heavy atom. The largest absolute Gasteiger partial charge is 0.426 e. The van der Waals surface area contributed by atoms with Crippen molar-refractivity contribution in [2.24, 2.45) is 11.8 Å². The molecular formula is C25H28ClN2O2S+. The van der Waals surface area contributed by atoms with Crippen LogP contribution in [0.15, 0.2) is 53.5 Å². The number of carbonyl (C=O) groups is 2. The molecule has 0 spiro atoms. The van der Waals surface area contributed by atoms with Crippen molar-refractivity contribution < 1.29 is 14.2 Å². The lowest BCUT2D eigenvalue weighted by atomic mass is 9.78. The number of hydrogen-bond donors (Lipinski definition) is 1. The lowest BCUT2D eigenvalue weighted by Gasteiger charge is -2.34. The Kier molecular flexibility index (Phi) is 6.83. The zero-order chi connectivity index (χ0) is 22.0. The van der Waals surface area contributed by atoms with Gasteiger partial charge in [0.2, 0.25) is 12.3 Å². The number of fused-ring (bicyclic) bond motifs is 1. The van der Waals surface area contributed by atoms with Crippen LogP contribution >= 0.6 is 23.4 Å². The van der Waals surface area contributed by atoms with Gasteiger partial charge in [0.1, 0.15) is 10.2 Å². The average Bonchev–Trinajstić information content (AvgIpc) is 2.76. The van der Waals surface area contributed by atoms with Gasteiger partial charge in [0, 0.05) is 17.1 Å². The van der Waals surface area contributed by atoms with Crippen LogP contribution in [0.2, 0.25) is 5.02 Å². The summed E-state index contributed by atoms with van der Waals surface area (Å²) in [7, 11) is 0. The highest BCUT2D eigenvalue weighted by Gasteiger charge is 2.40. The first-order valence-electron chi connectivity index (χ1n) is 10.9. The van der Waals surface area contributed by atoms with Crippen LogP contribution in [0.5, 0.6) is 0 Å². The number of nitrogens with one attached hydrogen (secondary N) is 1. The molecule has 4 unspecified atom stereocenters. The van der Waals surface area contributed by atoms with Gasteiger partial charge >= 0.3 is 5.91 Å². The van der Waals surface area contributed by atoms with Crippen LogP contribution in [-0.4, -0.2) is 39.9 Å². The van der Waals surface area contributed by atoms with Crippen LogP contribution in [0.25, 0.3) is 6.08 Å². The Morgan fingerprint density at radius 2 is 2.00 bits per heavy atom. The minimum Gasteiger partial charge on any atom is -0.348 e. The Balaban J connectivity index is 1.56. The van der Waals surface area contributed by atoms with E-state index in [-0.39, 0.29) is 29.7 Å². The van der Waals surface area contributed by atoms with Crippen molar-refractivity contribution >= 4 is 47.0 Å². The molecule has 0 radical (unpaired) electrons.